The Bertz CT molecular complexity index is 1220. The van der Waals surface area contributed by atoms with E-state index in [-0.39, 0.29) is 18.0 Å². The molecule has 0 aliphatic carbocycles. The van der Waals surface area contributed by atoms with Gasteiger partial charge in [0.2, 0.25) is 0 Å². The van der Waals surface area contributed by atoms with Crippen molar-refractivity contribution in [1.82, 2.24) is 0 Å². The highest BCUT2D eigenvalue weighted by molar-refractivity contribution is 6.01. The van der Waals surface area contributed by atoms with Gasteiger partial charge >= 0.3 is 5.97 Å². The molecule has 0 saturated carbocycles. The molecule has 3 aromatic rings. The smallest absolute Gasteiger partial charge is 0.306 e. The average molecular weight is 520 g/mol. The van der Waals surface area contributed by atoms with Crippen LogP contribution in [0.2, 0.25) is 0 Å². The Balaban J connectivity index is 1.30. The number of hydrogen-bond donors (Lipinski definition) is 0. The van der Waals surface area contributed by atoms with Gasteiger partial charge < -0.3 is 28.5 Å². The third-order valence-electron chi connectivity index (χ3n) is 6.32. The second kappa shape index (κ2) is 13.0. The Hall–Kier alpha value is -4.04. The lowest BCUT2D eigenvalue weighted by Crippen LogP contribution is -2.48. The SMILES string of the molecule is CCOC(=O)CC1(c2ccc(OCc3ccc(OCC(=NOC)c4cccc(OC)c4)cc3)cc2)COC1. The predicted molar refractivity (Wildman–Crippen MR) is 143 cm³/mol. The Morgan fingerprint density at radius 1 is 0.921 bits per heavy atom. The second-order valence-electron chi connectivity index (χ2n) is 8.95. The Morgan fingerprint density at radius 2 is 1.63 bits per heavy atom. The summed E-state index contributed by atoms with van der Waals surface area (Å²) in [5.74, 6) is 1.99. The molecule has 1 fully saturated rings. The molecule has 200 valence electrons. The van der Waals surface area contributed by atoms with Gasteiger partial charge in [-0.3, -0.25) is 4.79 Å². The normalized spacial score (nSPS) is 14.2. The molecular weight excluding hydrogens is 486 g/mol. The highest BCUT2D eigenvalue weighted by Crippen LogP contribution is 2.37. The van der Waals surface area contributed by atoms with E-state index < -0.39 is 0 Å². The molecule has 1 aliphatic rings. The van der Waals surface area contributed by atoms with E-state index in [0.717, 1.165) is 28.2 Å². The van der Waals surface area contributed by atoms with Crippen LogP contribution < -0.4 is 14.2 Å². The third kappa shape index (κ3) is 6.83. The van der Waals surface area contributed by atoms with E-state index in [4.69, 9.17) is 28.5 Å². The van der Waals surface area contributed by atoms with Gasteiger partial charge in [0.15, 0.2) is 0 Å². The fourth-order valence-corrected chi connectivity index (χ4v) is 4.19. The molecule has 38 heavy (non-hydrogen) atoms. The quantitative estimate of drug-likeness (QED) is 0.180. The fourth-order valence-electron chi connectivity index (χ4n) is 4.19. The van der Waals surface area contributed by atoms with Crippen molar-refractivity contribution in [3.63, 3.8) is 0 Å². The molecule has 3 aromatic carbocycles. The number of esters is 1. The van der Waals surface area contributed by atoms with Crippen LogP contribution in [0.15, 0.2) is 78.0 Å². The lowest BCUT2D eigenvalue weighted by molar-refractivity contribution is -0.151. The van der Waals surface area contributed by atoms with Crippen LogP contribution in [-0.2, 0) is 31.1 Å². The Kier molecular flexibility index (Phi) is 9.21. The summed E-state index contributed by atoms with van der Waals surface area (Å²) < 4.78 is 27.8. The van der Waals surface area contributed by atoms with Crippen molar-refractivity contribution in [3.8, 4) is 17.2 Å². The highest BCUT2D eigenvalue weighted by Gasteiger charge is 2.42. The summed E-state index contributed by atoms with van der Waals surface area (Å²) in [5.41, 5.74) is 3.25. The Morgan fingerprint density at radius 3 is 2.26 bits per heavy atom. The van der Waals surface area contributed by atoms with Crippen LogP contribution in [-0.4, -0.2) is 52.3 Å². The van der Waals surface area contributed by atoms with E-state index in [1.165, 1.54) is 7.11 Å². The van der Waals surface area contributed by atoms with E-state index >= 15 is 0 Å². The van der Waals surface area contributed by atoms with Gasteiger partial charge in [0.1, 0.15) is 43.3 Å². The summed E-state index contributed by atoms with van der Waals surface area (Å²) in [5, 5.41) is 4.10. The van der Waals surface area contributed by atoms with Crippen LogP contribution in [0.25, 0.3) is 0 Å². The molecule has 0 amide bonds. The monoisotopic (exact) mass is 519 g/mol. The largest absolute Gasteiger partial charge is 0.497 e. The highest BCUT2D eigenvalue weighted by atomic mass is 16.6. The molecular formula is C30H33NO7. The molecule has 1 aliphatic heterocycles. The maximum Gasteiger partial charge on any atom is 0.306 e. The minimum atomic E-state index is -0.318. The number of ether oxygens (including phenoxy) is 5. The van der Waals surface area contributed by atoms with Gasteiger partial charge in [0, 0.05) is 5.56 Å². The van der Waals surface area contributed by atoms with Crippen LogP contribution >= 0.6 is 0 Å². The van der Waals surface area contributed by atoms with Crippen molar-refractivity contribution in [2.24, 2.45) is 5.16 Å². The third-order valence-corrected chi connectivity index (χ3v) is 6.32. The van der Waals surface area contributed by atoms with Gasteiger partial charge in [0.25, 0.3) is 0 Å². The zero-order chi connectivity index (χ0) is 26.8. The molecule has 0 unspecified atom stereocenters. The molecule has 0 bridgehead atoms. The summed E-state index contributed by atoms with van der Waals surface area (Å²) in [6.45, 7) is 3.87. The molecule has 0 radical (unpaired) electrons. The van der Waals surface area contributed by atoms with Gasteiger partial charge in [-0.1, -0.05) is 41.6 Å². The number of nitrogens with zero attached hydrogens (tertiary/aromatic N) is 1. The van der Waals surface area contributed by atoms with Crippen molar-refractivity contribution < 1.29 is 33.3 Å². The molecule has 0 spiro atoms. The van der Waals surface area contributed by atoms with E-state index in [1.807, 2.05) is 79.7 Å². The first-order chi connectivity index (χ1) is 18.5. The number of oxime groups is 1. The second-order valence-corrected chi connectivity index (χ2v) is 8.95. The Labute approximate surface area is 223 Å². The summed E-state index contributed by atoms with van der Waals surface area (Å²) in [6, 6.07) is 23.1. The van der Waals surface area contributed by atoms with Crippen LogP contribution in [0.5, 0.6) is 17.2 Å². The van der Waals surface area contributed by atoms with Crippen molar-refractivity contribution in [3.05, 3.63) is 89.5 Å². The zero-order valence-electron chi connectivity index (χ0n) is 22.0. The van der Waals surface area contributed by atoms with Gasteiger partial charge in [-0.05, 0) is 54.4 Å². The molecule has 0 N–H and O–H groups in total. The average Bonchev–Trinajstić information content (AvgIpc) is 2.93. The number of carbonyl (C=O) groups is 1. The number of carbonyl (C=O) groups excluding carboxylic acids is 1. The molecule has 0 atom stereocenters. The molecule has 8 heteroatoms. The van der Waals surface area contributed by atoms with Gasteiger partial charge in [-0.25, -0.2) is 0 Å². The molecule has 1 heterocycles. The lowest BCUT2D eigenvalue weighted by atomic mass is 9.76. The topological polar surface area (TPSA) is 84.8 Å². The minimum absolute atomic E-state index is 0.203. The number of methoxy groups -OCH3 is 1. The zero-order valence-corrected chi connectivity index (χ0v) is 22.0. The van der Waals surface area contributed by atoms with Crippen molar-refractivity contribution in [2.45, 2.75) is 25.4 Å². The summed E-state index contributed by atoms with van der Waals surface area (Å²) >= 11 is 0. The van der Waals surface area contributed by atoms with E-state index in [2.05, 4.69) is 5.16 Å². The minimum Gasteiger partial charge on any atom is -0.497 e. The molecule has 1 saturated heterocycles. The summed E-state index contributed by atoms with van der Waals surface area (Å²) in [7, 11) is 3.13. The van der Waals surface area contributed by atoms with Crippen LogP contribution in [0.3, 0.4) is 0 Å². The van der Waals surface area contributed by atoms with Crippen LogP contribution in [0.1, 0.15) is 30.0 Å². The van der Waals surface area contributed by atoms with E-state index in [0.29, 0.717) is 44.3 Å². The number of hydrogen-bond acceptors (Lipinski definition) is 8. The van der Waals surface area contributed by atoms with E-state index in [9.17, 15) is 4.79 Å². The predicted octanol–water partition coefficient (Wildman–Crippen LogP) is 4.92. The maximum absolute atomic E-state index is 12.0. The van der Waals surface area contributed by atoms with Crippen molar-refractivity contribution >= 4 is 11.7 Å². The number of rotatable bonds is 13. The van der Waals surface area contributed by atoms with E-state index in [1.54, 1.807) is 7.11 Å². The first-order valence-electron chi connectivity index (χ1n) is 12.5. The van der Waals surface area contributed by atoms with Crippen molar-refractivity contribution in [2.75, 3.05) is 40.6 Å². The van der Waals surface area contributed by atoms with Crippen LogP contribution in [0, 0.1) is 0 Å². The standard InChI is InChI=1S/C30H33NO7/c1-4-36-29(32)17-30(20-35-21-30)24-10-14-26(15-11-24)37-18-22-8-12-25(13-9-22)38-19-28(31-34-3)23-6-5-7-27(16-23)33-2/h5-16H,4,17-21H2,1-3H3. The molecule has 4 rings (SSSR count). The van der Waals surface area contributed by atoms with Crippen molar-refractivity contribution in [1.29, 1.82) is 0 Å². The summed E-state index contributed by atoms with van der Waals surface area (Å²) in [6.07, 6.45) is 0.313. The number of benzene rings is 3. The fraction of sp³-hybridized carbons (Fsp3) is 0.333. The summed E-state index contributed by atoms with van der Waals surface area (Å²) in [4.78, 5) is 17.0. The van der Waals surface area contributed by atoms with Crippen LogP contribution in [0.4, 0.5) is 0 Å². The first-order valence-corrected chi connectivity index (χ1v) is 12.5. The van der Waals surface area contributed by atoms with Gasteiger partial charge in [-0.15, -0.1) is 0 Å². The molecule has 0 aromatic heterocycles. The van der Waals surface area contributed by atoms with Gasteiger partial charge in [0.05, 0.1) is 38.8 Å². The first kappa shape index (κ1) is 27.0. The maximum atomic E-state index is 12.0. The lowest BCUT2D eigenvalue weighted by Gasteiger charge is -2.41. The molecule has 8 nitrogen and oxygen atoms in total. The van der Waals surface area contributed by atoms with Gasteiger partial charge in [-0.2, -0.15) is 0 Å².